The first kappa shape index (κ1) is 24.6. The molecular weight excluding hydrogens is 469 g/mol. The van der Waals surface area contributed by atoms with E-state index in [1.54, 1.807) is 31.2 Å². The number of nitrogens with two attached hydrogens (primary N) is 1. The van der Waals surface area contributed by atoms with E-state index < -0.39 is 16.1 Å². The molecule has 30 heavy (non-hydrogen) atoms. The Kier molecular flexibility index (Phi) is 8.70. The van der Waals surface area contributed by atoms with Gasteiger partial charge in [0.2, 0.25) is 10.0 Å². The zero-order valence-corrected chi connectivity index (χ0v) is 19.9. The number of ether oxygens (including phenoxy) is 1. The van der Waals surface area contributed by atoms with Crippen LogP contribution < -0.4 is 10.5 Å². The normalized spacial score (nSPS) is 13.4. The first-order valence-corrected chi connectivity index (χ1v) is 11.7. The van der Waals surface area contributed by atoms with Crippen molar-refractivity contribution in [1.29, 1.82) is 0 Å². The van der Waals surface area contributed by atoms with E-state index in [1.165, 1.54) is 35.8 Å². The Morgan fingerprint density at radius 1 is 1.13 bits per heavy atom. The van der Waals surface area contributed by atoms with E-state index in [9.17, 15) is 8.42 Å². The van der Waals surface area contributed by atoms with Crippen LogP contribution in [-0.4, -0.2) is 44.0 Å². The minimum Gasteiger partial charge on any atom is -0.473 e. The van der Waals surface area contributed by atoms with Crippen LogP contribution in [-0.2, 0) is 10.0 Å². The van der Waals surface area contributed by atoms with Crippen LogP contribution in [0.4, 0.5) is 0 Å². The molecular formula is C20H24Cl3N3O3S. The summed E-state index contributed by atoms with van der Waals surface area (Å²) in [4.78, 5) is 1.89. The lowest BCUT2D eigenvalue weighted by atomic mass is 10.2. The van der Waals surface area contributed by atoms with Crippen molar-refractivity contribution in [2.45, 2.75) is 24.8 Å². The number of sulfonamides is 1. The summed E-state index contributed by atoms with van der Waals surface area (Å²) >= 11 is 17.8. The number of hydrogen-bond acceptors (Lipinski definition) is 5. The summed E-state index contributed by atoms with van der Waals surface area (Å²) in [6.45, 7) is 4.42. The molecule has 2 rings (SSSR count). The van der Waals surface area contributed by atoms with Gasteiger partial charge in [0.15, 0.2) is 6.73 Å². The van der Waals surface area contributed by atoms with Gasteiger partial charge in [-0.25, -0.2) is 8.42 Å². The molecule has 2 aromatic carbocycles. The van der Waals surface area contributed by atoms with Crippen molar-refractivity contribution in [2.75, 3.05) is 20.3 Å². The fourth-order valence-electron chi connectivity index (χ4n) is 2.74. The molecule has 0 spiro atoms. The fourth-order valence-corrected chi connectivity index (χ4v) is 4.59. The molecule has 1 unspecified atom stereocenters. The molecule has 0 aliphatic rings. The van der Waals surface area contributed by atoms with Gasteiger partial charge in [-0.2, -0.15) is 4.31 Å². The van der Waals surface area contributed by atoms with Gasteiger partial charge in [0.05, 0.1) is 21.0 Å². The molecule has 164 valence electrons. The van der Waals surface area contributed by atoms with Crippen LogP contribution in [0.15, 0.2) is 59.3 Å². The lowest BCUT2D eigenvalue weighted by molar-refractivity contribution is 0.149. The number of likely N-dealkylation sites (N-methyl/N-ethyl adjacent to an activating group) is 2. The number of rotatable bonds is 9. The van der Waals surface area contributed by atoms with Crippen LogP contribution in [0.25, 0.3) is 0 Å². The summed E-state index contributed by atoms with van der Waals surface area (Å²) in [6, 6.07) is 10.6. The third-order valence-corrected chi connectivity index (χ3v) is 7.57. The summed E-state index contributed by atoms with van der Waals surface area (Å²) in [5.74, 6) is 0.638. The molecule has 0 aliphatic heterocycles. The van der Waals surface area contributed by atoms with Gasteiger partial charge in [-0.3, -0.25) is 0 Å². The molecule has 0 fully saturated rings. The van der Waals surface area contributed by atoms with Gasteiger partial charge in [0, 0.05) is 30.5 Å². The number of benzene rings is 2. The molecule has 0 aromatic heterocycles. The highest BCUT2D eigenvalue weighted by molar-refractivity contribution is 7.89. The third kappa shape index (κ3) is 5.74. The molecule has 0 bridgehead atoms. The van der Waals surface area contributed by atoms with Gasteiger partial charge in [-0.05, 0) is 56.3 Å². The van der Waals surface area contributed by atoms with Crippen LogP contribution in [0, 0.1) is 0 Å². The van der Waals surface area contributed by atoms with Gasteiger partial charge < -0.3 is 15.4 Å². The predicted octanol–water partition coefficient (Wildman–Crippen LogP) is 4.81. The van der Waals surface area contributed by atoms with Crippen LogP contribution >= 0.6 is 34.8 Å². The topological polar surface area (TPSA) is 75.9 Å². The molecule has 0 amide bonds. The van der Waals surface area contributed by atoms with Crippen molar-refractivity contribution in [3.63, 3.8) is 0 Å². The van der Waals surface area contributed by atoms with E-state index in [-0.39, 0.29) is 21.7 Å². The average Bonchev–Trinajstić information content (AvgIpc) is 2.73. The maximum Gasteiger partial charge on any atom is 0.243 e. The quantitative estimate of drug-likeness (QED) is 0.508. The lowest BCUT2D eigenvalue weighted by Crippen LogP contribution is -2.43. The van der Waals surface area contributed by atoms with E-state index in [2.05, 4.69) is 0 Å². The number of halogens is 3. The number of hydrogen-bond donors (Lipinski definition) is 1. The van der Waals surface area contributed by atoms with Gasteiger partial charge in [-0.15, -0.1) is 0 Å². The van der Waals surface area contributed by atoms with Crippen molar-refractivity contribution < 1.29 is 13.2 Å². The zero-order chi connectivity index (χ0) is 22.5. The maximum atomic E-state index is 13.1. The Morgan fingerprint density at radius 2 is 1.77 bits per heavy atom. The van der Waals surface area contributed by atoms with Crippen molar-refractivity contribution in [1.82, 2.24) is 9.21 Å². The smallest absolute Gasteiger partial charge is 0.243 e. The maximum absolute atomic E-state index is 13.1. The Balaban J connectivity index is 2.20. The SMILES string of the molecule is CCN(COc1ccc(Cl)cc1)/C(=C\N)C(C)N(C)S(=O)(=O)c1ccc(Cl)c(Cl)c1. The Bertz CT molecular complexity index is 998. The molecule has 1 atom stereocenters. The van der Waals surface area contributed by atoms with Gasteiger partial charge in [0.1, 0.15) is 5.75 Å². The standard InChI is InChI=1S/C20H24Cl3N3O3S/c1-4-26(13-29-16-7-5-15(21)6-8-16)20(12-24)14(2)25(3)30(27,28)17-9-10-18(22)19(23)11-17/h5-12,14H,4,13,24H2,1-3H3/b20-12-. The minimum absolute atomic E-state index is 0.0445. The molecule has 2 N–H and O–H groups in total. The summed E-state index contributed by atoms with van der Waals surface area (Å²) < 4.78 is 33.2. The molecule has 0 radical (unpaired) electrons. The Hall–Kier alpha value is -1.64. The monoisotopic (exact) mass is 491 g/mol. The molecule has 0 aliphatic carbocycles. The van der Waals surface area contributed by atoms with E-state index in [4.69, 9.17) is 45.3 Å². The Labute approximate surface area is 192 Å². The summed E-state index contributed by atoms with van der Waals surface area (Å²) in [5, 5.41) is 1.06. The summed E-state index contributed by atoms with van der Waals surface area (Å²) in [5.41, 5.74) is 6.46. The minimum atomic E-state index is -3.83. The molecule has 2 aromatic rings. The van der Waals surface area contributed by atoms with Crippen LogP contribution in [0.2, 0.25) is 15.1 Å². The fraction of sp³-hybridized carbons (Fsp3) is 0.300. The van der Waals surface area contributed by atoms with E-state index in [1.807, 2.05) is 11.8 Å². The second-order valence-corrected chi connectivity index (χ2v) is 9.70. The molecule has 10 heteroatoms. The summed E-state index contributed by atoms with van der Waals surface area (Å²) in [6.07, 6.45) is 1.39. The van der Waals surface area contributed by atoms with Crippen molar-refractivity contribution >= 4 is 44.8 Å². The Morgan fingerprint density at radius 3 is 2.30 bits per heavy atom. The lowest BCUT2D eigenvalue weighted by Gasteiger charge is -2.33. The third-order valence-electron chi connectivity index (χ3n) is 4.66. The van der Waals surface area contributed by atoms with Gasteiger partial charge in [-0.1, -0.05) is 34.8 Å². The van der Waals surface area contributed by atoms with E-state index in [0.29, 0.717) is 23.0 Å². The second kappa shape index (κ2) is 10.6. The van der Waals surface area contributed by atoms with Gasteiger partial charge >= 0.3 is 0 Å². The second-order valence-electron chi connectivity index (χ2n) is 6.45. The number of nitrogens with zero attached hydrogens (tertiary/aromatic N) is 2. The van der Waals surface area contributed by atoms with E-state index in [0.717, 1.165) is 0 Å². The van der Waals surface area contributed by atoms with Crippen LogP contribution in [0.1, 0.15) is 13.8 Å². The predicted molar refractivity (Wildman–Crippen MR) is 122 cm³/mol. The first-order valence-electron chi connectivity index (χ1n) is 9.10. The molecule has 0 heterocycles. The van der Waals surface area contributed by atoms with E-state index >= 15 is 0 Å². The highest BCUT2D eigenvalue weighted by Crippen LogP contribution is 2.28. The van der Waals surface area contributed by atoms with Crippen molar-refractivity contribution in [3.8, 4) is 5.75 Å². The van der Waals surface area contributed by atoms with Crippen molar-refractivity contribution in [3.05, 3.63) is 69.4 Å². The highest BCUT2D eigenvalue weighted by Gasteiger charge is 2.30. The largest absolute Gasteiger partial charge is 0.473 e. The molecule has 6 nitrogen and oxygen atoms in total. The summed E-state index contributed by atoms with van der Waals surface area (Å²) in [7, 11) is -2.35. The zero-order valence-electron chi connectivity index (χ0n) is 16.8. The molecule has 0 saturated heterocycles. The molecule has 0 saturated carbocycles. The first-order chi connectivity index (χ1) is 14.1. The average molecular weight is 493 g/mol. The van der Waals surface area contributed by atoms with Crippen LogP contribution in [0.3, 0.4) is 0 Å². The van der Waals surface area contributed by atoms with Gasteiger partial charge in [0.25, 0.3) is 0 Å². The van der Waals surface area contributed by atoms with Crippen molar-refractivity contribution in [2.24, 2.45) is 5.73 Å². The van der Waals surface area contributed by atoms with Crippen LogP contribution in [0.5, 0.6) is 5.75 Å². The highest BCUT2D eigenvalue weighted by atomic mass is 35.5.